The van der Waals surface area contributed by atoms with Gasteiger partial charge in [-0.05, 0) is 26.7 Å². The Morgan fingerprint density at radius 1 is 1.44 bits per heavy atom. The molecule has 0 aromatic carbocycles. The molecule has 8 nitrogen and oxygen atoms in total. The summed E-state index contributed by atoms with van der Waals surface area (Å²) in [6.45, 7) is 4.95. The maximum Gasteiger partial charge on any atom is 0.319 e. The Morgan fingerprint density at radius 2 is 2.28 bits per heavy atom. The van der Waals surface area contributed by atoms with E-state index < -0.39 is 0 Å². The highest BCUT2D eigenvalue weighted by atomic mass is 16.5. The fourth-order valence-electron chi connectivity index (χ4n) is 2.94. The van der Waals surface area contributed by atoms with E-state index >= 15 is 0 Å². The second-order valence-electron chi connectivity index (χ2n) is 6.08. The van der Waals surface area contributed by atoms with Gasteiger partial charge in [-0.1, -0.05) is 5.16 Å². The minimum absolute atomic E-state index is 0.0583. The summed E-state index contributed by atoms with van der Waals surface area (Å²) in [4.78, 5) is 22.6. The maximum absolute atomic E-state index is 12.6. The Labute approximate surface area is 146 Å². The highest BCUT2D eigenvalue weighted by Gasteiger charge is 2.26. The number of rotatable bonds is 5. The van der Waals surface area contributed by atoms with Crippen molar-refractivity contribution in [1.82, 2.24) is 20.0 Å². The third kappa shape index (κ3) is 4.07. The average Bonchev–Trinajstić information content (AvgIpc) is 2.94. The molecule has 8 heteroatoms. The SMILES string of the molecule is COc1nccc(OC2CCCN(C(=O)Cc3c(C)noc3C)C2)n1. The van der Waals surface area contributed by atoms with Crippen molar-refractivity contribution in [2.45, 2.75) is 39.2 Å². The zero-order valence-corrected chi connectivity index (χ0v) is 14.7. The summed E-state index contributed by atoms with van der Waals surface area (Å²) in [7, 11) is 1.51. The Hall–Kier alpha value is -2.64. The van der Waals surface area contributed by atoms with E-state index in [1.54, 1.807) is 12.3 Å². The molecule has 0 radical (unpaired) electrons. The predicted octanol–water partition coefficient (Wildman–Crippen LogP) is 1.70. The molecule has 3 rings (SSSR count). The summed E-state index contributed by atoms with van der Waals surface area (Å²) in [5.74, 6) is 1.21. The van der Waals surface area contributed by atoms with Crippen LogP contribution in [0.1, 0.15) is 29.9 Å². The molecule has 134 valence electrons. The number of carbonyl (C=O) groups is 1. The molecule has 2 aromatic heterocycles. The highest BCUT2D eigenvalue weighted by molar-refractivity contribution is 5.79. The number of methoxy groups -OCH3 is 1. The number of carbonyl (C=O) groups excluding carboxylic acids is 1. The average molecular weight is 346 g/mol. The van der Waals surface area contributed by atoms with Gasteiger partial charge in [0.2, 0.25) is 11.8 Å². The van der Waals surface area contributed by atoms with Crippen LogP contribution in [0.25, 0.3) is 0 Å². The van der Waals surface area contributed by atoms with Crippen LogP contribution in [-0.4, -0.2) is 52.2 Å². The first-order valence-electron chi connectivity index (χ1n) is 8.30. The molecule has 25 heavy (non-hydrogen) atoms. The Bertz CT molecular complexity index is 726. The number of hydrogen-bond acceptors (Lipinski definition) is 7. The third-order valence-electron chi connectivity index (χ3n) is 4.32. The van der Waals surface area contributed by atoms with Crippen molar-refractivity contribution >= 4 is 5.91 Å². The quantitative estimate of drug-likeness (QED) is 0.814. The summed E-state index contributed by atoms with van der Waals surface area (Å²) in [5, 5.41) is 3.90. The van der Waals surface area contributed by atoms with E-state index in [-0.39, 0.29) is 18.0 Å². The summed E-state index contributed by atoms with van der Waals surface area (Å²) < 4.78 is 16.0. The lowest BCUT2D eigenvalue weighted by Gasteiger charge is -2.32. The number of piperidine rings is 1. The van der Waals surface area contributed by atoms with Gasteiger partial charge in [-0.25, -0.2) is 4.98 Å². The van der Waals surface area contributed by atoms with E-state index in [2.05, 4.69) is 15.1 Å². The number of ether oxygens (including phenoxy) is 2. The molecule has 0 aliphatic carbocycles. The normalized spacial score (nSPS) is 17.4. The number of amides is 1. The van der Waals surface area contributed by atoms with Crippen LogP contribution in [0.3, 0.4) is 0 Å². The zero-order chi connectivity index (χ0) is 17.8. The number of hydrogen-bond donors (Lipinski definition) is 0. The molecule has 3 heterocycles. The summed E-state index contributed by atoms with van der Waals surface area (Å²) in [6, 6.07) is 1.95. The van der Waals surface area contributed by atoms with Gasteiger partial charge in [-0.2, -0.15) is 4.98 Å². The summed E-state index contributed by atoms with van der Waals surface area (Å²) in [5.41, 5.74) is 1.64. The molecule has 1 saturated heterocycles. The fraction of sp³-hybridized carbons (Fsp3) is 0.529. The molecule has 0 bridgehead atoms. The molecule has 1 atom stereocenters. The number of aromatic nitrogens is 3. The molecule has 1 unspecified atom stereocenters. The van der Waals surface area contributed by atoms with Crippen LogP contribution >= 0.6 is 0 Å². The predicted molar refractivity (Wildman–Crippen MR) is 88.5 cm³/mol. The fourth-order valence-corrected chi connectivity index (χ4v) is 2.94. The van der Waals surface area contributed by atoms with Crippen LogP contribution < -0.4 is 9.47 Å². The van der Waals surface area contributed by atoms with E-state index in [0.29, 0.717) is 24.6 Å². The molecule has 2 aromatic rings. The van der Waals surface area contributed by atoms with Crippen molar-refractivity contribution < 1.29 is 18.8 Å². The topological polar surface area (TPSA) is 90.6 Å². The second-order valence-corrected chi connectivity index (χ2v) is 6.08. The van der Waals surface area contributed by atoms with Crippen LogP contribution in [-0.2, 0) is 11.2 Å². The van der Waals surface area contributed by atoms with E-state index in [9.17, 15) is 4.79 Å². The Morgan fingerprint density at radius 3 is 3.00 bits per heavy atom. The van der Waals surface area contributed by atoms with Gasteiger partial charge in [0.05, 0.1) is 25.8 Å². The van der Waals surface area contributed by atoms with Crippen LogP contribution in [0.5, 0.6) is 11.9 Å². The van der Waals surface area contributed by atoms with E-state index in [0.717, 1.165) is 30.6 Å². The first-order chi connectivity index (χ1) is 12.1. The minimum atomic E-state index is -0.0954. The first-order valence-corrected chi connectivity index (χ1v) is 8.30. The van der Waals surface area contributed by atoms with Crippen molar-refractivity contribution in [3.05, 3.63) is 29.3 Å². The van der Waals surface area contributed by atoms with Gasteiger partial charge in [0.15, 0.2) is 0 Å². The van der Waals surface area contributed by atoms with Gasteiger partial charge >= 0.3 is 6.01 Å². The highest BCUT2D eigenvalue weighted by Crippen LogP contribution is 2.20. The second kappa shape index (κ2) is 7.50. The first kappa shape index (κ1) is 17.2. The molecule has 1 aliphatic rings. The largest absolute Gasteiger partial charge is 0.472 e. The minimum Gasteiger partial charge on any atom is -0.472 e. The van der Waals surface area contributed by atoms with Crippen LogP contribution in [0.4, 0.5) is 0 Å². The number of nitrogens with zero attached hydrogens (tertiary/aromatic N) is 4. The van der Waals surface area contributed by atoms with E-state index in [4.69, 9.17) is 14.0 Å². The Kier molecular flexibility index (Phi) is 5.16. The smallest absolute Gasteiger partial charge is 0.319 e. The van der Waals surface area contributed by atoms with Gasteiger partial charge in [-0.15, -0.1) is 0 Å². The van der Waals surface area contributed by atoms with Crippen LogP contribution in [0.15, 0.2) is 16.8 Å². The van der Waals surface area contributed by atoms with Gasteiger partial charge in [0.1, 0.15) is 11.9 Å². The van der Waals surface area contributed by atoms with Gasteiger partial charge in [-0.3, -0.25) is 4.79 Å². The van der Waals surface area contributed by atoms with Crippen molar-refractivity contribution in [3.8, 4) is 11.9 Å². The monoisotopic (exact) mass is 346 g/mol. The van der Waals surface area contributed by atoms with Gasteiger partial charge < -0.3 is 18.9 Å². The van der Waals surface area contributed by atoms with Crippen molar-refractivity contribution in [2.24, 2.45) is 0 Å². The lowest BCUT2D eigenvalue weighted by molar-refractivity contribution is -0.133. The maximum atomic E-state index is 12.6. The van der Waals surface area contributed by atoms with Crippen molar-refractivity contribution in [1.29, 1.82) is 0 Å². The molecule has 0 spiro atoms. The third-order valence-corrected chi connectivity index (χ3v) is 4.32. The Balaban J connectivity index is 1.61. The molecule has 0 N–H and O–H groups in total. The number of aryl methyl sites for hydroxylation is 2. The zero-order valence-electron chi connectivity index (χ0n) is 14.7. The van der Waals surface area contributed by atoms with Crippen molar-refractivity contribution in [2.75, 3.05) is 20.2 Å². The van der Waals surface area contributed by atoms with E-state index in [1.165, 1.54) is 7.11 Å². The molecular formula is C17H22N4O4. The molecule has 1 fully saturated rings. The standard InChI is InChI=1S/C17H22N4O4/c1-11-14(12(2)25-20-11)9-16(22)21-8-4-5-13(10-21)24-15-6-7-18-17(19-15)23-3/h6-7,13H,4-5,8-10H2,1-3H3. The molecule has 0 saturated carbocycles. The molecular weight excluding hydrogens is 324 g/mol. The van der Waals surface area contributed by atoms with Crippen LogP contribution in [0, 0.1) is 13.8 Å². The van der Waals surface area contributed by atoms with Gasteiger partial charge in [0.25, 0.3) is 0 Å². The molecule has 1 amide bonds. The number of likely N-dealkylation sites (tertiary alicyclic amines) is 1. The van der Waals surface area contributed by atoms with Crippen LogP contribution in [0.2, 0.25) is 0 Å². The lowest BCUT2D eigenvalue weighted by Crippen LogP contribution is -2.45. The van der Waals surface area contributed by atoms with Gasteiger partial charge in [0, 0.05) is 24.4 Å². The van der Waals surface area contributed by atoms with Crippen molar-refractivity contribution in [3.63, 3.8) is 0 Å². The molecule has 1 aliphatic heterocycles. The summed E-state index contributed by atoms with van der Waals surface area (Å²) >= 11 is 0. The van der Waals surface area contributed by atoms with E-state index in [1.807, 2.05) is 18.7 Å². The lowest BCUT2D eigenvalue weighted by atomic mass is 10.1. The summed E-state index contributed by atoms with van der Waals surface area (Å²) in [6.07, 6.45) is 3.56.